The summed E-state index contributed by atoms with van der Waals surface area (Å²) in [6.07, 6.45) is 3.28. The van der Waals surface area contributed by atoms with Crippen LogP contribution in [-0.4, -0.2) is 20.9 Å². The van der Waals surface area contributed by atoms with Crippen molar-refractivity contribution in [1.82, 2.24) is 9.78 Å². The fourth-order valence-electron chi connectivity index (χ4n) is 1.39. The van der Waals surface area contributed by atoms with Crippen molar-refractivity contribution < 1.29 is 9.90 Å². The molecule has 0 saturated carbocycles. The van der Waals surface area contributed by atoms with E-state index in [-0.39, 0.29) is 11.1 Å². The number of benzene rings is 1. The molecule has 2 aromatic rings. The first-order valence-electron chi connectivity index (χ1n) is 4.60. The molecule has 0 amide bonds. The lowest BCUT2D eigenvalue weighted by Crippen LogP contribution is -2.02. The summed E-state index contributed by atoms with van der Waals surface area (Å²) < 4.78 is 2.29. The minimum atomic E-state index is -1.06. The van der Waals surface area contributed by atoms with Crippen molar-refractivity contribution in [2.75, 3.05) is 0 Å². The maximum atomic E-state index is 10.8. The molecule has 2 rings (SSSR count). The Morgan fingerprint density at radius 1 is 1.53 bits per heavy atom. The Kier molecular flexibility index (Phi) is 2.93. The van der Waals surface area contributed by atoms with Crippen LogP contribution in [0.15, 0.2) is 35.1 Å². The SMILES string of the molecule is N#Cc1cc(C(=O)O)ccc1-n1cc(Br)cn1. The number of hydrogen-bond donors (Lipinski definition) is 1. The summed E-state index contributed by atoms with van der Waals surface area (Å²) in [5.41, 5.74) is 0.889. The van der Waals surface area contributed by atoms with E-state index in [1.165, 1.54) is 16.8 Å². The van der Waals surface area contributed by atoms with Gasteiger partial charge in [0.2, 0.25) is 0 Å². The quantitative estimate of drug-likeness (QED) is 0.920. The highest BCUT2D eigenvalue weighted by molar-refractivity contribution is 9.10. The number of aromatic nitrogens is 2. The molecular formula is C11H6BrN3O2. The second-order valence-corrected chi connectivity index (χ2v) is 4.17. The summed E-state index contributed by atoms with van der Waals surface area (Å²) in [5, 5.41) is 21.9. The van der Waals surface area contributed by atoms with Crippen LogP contribution < -0.4 is 0 Å². The fourth-order valence-corrected chi connectivity index (χ4v) is 1.68. The number of hydrogen-bond acceptors (Lipinski definition) is 3. The third kappa shape index (κ3) is 2.19. The Morgan fingerprint density at radius 3 is 2.82 bits per heavy atom. The number of halogens is 1. The van der Waals surface area contributed by atoms with Crippen LogP contribution in [0.1, 0.15) is 15.9 Å². The molecule has 6 heteroatoms. The minimum Gasteiger partial charge on any atom is -0.478 e. The zero-order valence-corrected chi connectivity index (χ0v) is 10.0. The lowest BCUT2D eigenvalue weighted by atomic mass is 10.1. The van der Waals surface area contributed by atoms with Gasteiger partial charge in [0.25, 0.3) is 0 Å². The van der Waals surface area contributed by atoms with E-state index in [9.17, 15) is 4.79 Å². The third-order valence-electron chi connectivity index (χ3n) is 2.16. The van der Waals surface area contributed by atoms with Crippen LogP contribution in [0.5, 0.6) is 0 Å². The Bertz CT molecular complexity index is 628. The Morgan fingerprint density at radius 2 is 2.29 bits per heavy atom. The van der Waals surface area contributed by atoms with Crippen molar-refractivity contribution in [1.29, 1.82) is 5.26 Å². The molecule has 0 unspecified atom stereocenters. The number of aromatic carboxylic acids is 1. The molecule has 84 valence electrons. The van der Waals surface area contributed by atoms with Crippen LogP contribution in [0, 0.1) is 11.3 Å². The second kappa shape index (κ2) is 4.39. The topological polar surface area (TPSA) is 78.9 Å². The maximum Gasteiger partial charge on any atom is 0.335 e. The van der Waals surface area contributed by atoms with Gasteiger partial charge in [-0.25, -0.2) is 9.48 Å². The zero-order chi connectivity index (χ0) is 12.4. The summed E-state index contributed by atoms with van der Waals surface area (Å²) >= 11 is 3.25. The van der Waals surface area contributed by atoms with Gasteiger partial charge in [0.1, 0.15) is 6.07 Å². The van der Waals surface area contributed by atoms with Gasteiger partial charge >= 0.3 is 5.97 Å². The molecule has 5 nitrogen and oxygen atoms in total. The Hall–Kier alpha value is -2.13. The molecule has 0 aliphatic rings. The van der Waals surface area contributed by atoms with Crippen molar-refractivity contribution in [2.45, 2.75) is 0 Å². The molecule has 1 N–H and O–H groups in total. The molecule has 0 fully saturated rings. The molecule has 1 heterocycles. The van der Waals surface area contributed by atoms with Crippen LogP contribution >= 0.6 is 15.9 Å². The van der Waals surface area contributed by atoms with E-state index in [2.05, 4.69) is 21.0 Å². The molecule has 1 aromatic heterocycles. The van der Waals surface area contributed by atoms with Crippen molar-refractivity contribution in [3.8, 4) is 11.8 Å². The van der Waals surface area contributed by atoms with Crippen molar-refractivity contribution in [3.05, 3.63) is 46.2 Å². The van der Waals surface area contributed by atoms with Crippen LogP contribution in [-0.2, 0) is 0 Å². The molecule has 0 saturated heterocycles. The van der Waals surface area contributed by atoms with Gasteiger partial charge in [0.15, 0.2) is 0 Å². The van der Waals surface area contributed by atoms with Gasteiger partial charge in [-0.1, -0.05) is 0 Å². The van der Waals surface area contributed by atoms with Gasteiger partial charge in [0.05, 0.1) is 27.5 Å². The first-order valence-corrected chi connectivity index (χ1v) is 5.39. The van der Waals surface area contributed by atoms with Crippen LogP contribution in [0.3, 0.4) is 0 Å². The molecule has 0 radical (unpaired) electrons. The van der Waals surface area contributed by atoms with Gasteiger partial charge in [-0.2, -0.15) is 10.4 Å². The largest absolute Gasteiger partial charge is 0.478 e. The molecular weight excluding hydrogens is 286 g/mol. The predicted octanol–water partition coefficient (Wildman–Crippen LogP) is 2.20. The number of carboxylic acids is 1. The molecule has 0 aliphatic carbocycles. The number of nitriles is 1. The van der Waals surface area contributed by atoms with E-state index in [4.69, 9.17) is 10.4 Å². The summed E-state index contributed by atoms with van der Waals surface area (Å²) in [7, 11) is 0. The van der Waals surface area contributed by atoms with Crippen LogP contribution in [0.4, 0.5) is 0 Å². The number of rotatable bonds is 2. The van der Waals surface area contributed by atoms with Crippen molar-refractivity contribution >= 4 is 21.9 Å². The smallest absolute Gasteiger partial charge is 0.335 e. The van der Waals surface area contributed by atoms with E-state index in [0.717, 1.165) is 4.47 Å². The lowest BCUT2D eigenvalue weighted by Gasteiger charge is -2.04. The fraction of sp³-hybridized carbons (Fsp3) is 0. The summed E-state index contributed by atoms with van der Waals surface area (Å²) in [6.45, 7) is 0. The zero-order valence-electron chi connectivity index (χ0n) is 8.46. The molecule has 0 bridgehead atoms. The molecule has 1 aromatic carbocycles. The molecule has 0 aliphatic heterocycles. The molecule has 0 atom stereocenters. The highest BCUT2D eigenvalue weighted by Crippen LogP contribution is 2.17. The highest BCUT2D eigenvalue weighted by atomic mass is 79.9. The van der Waals surface area contributed by atoms with E-state index in [1.807, 2.05) is 6.07 Å². The van der Waals surface area contributed by atoms with E-state index < -0.39 is 5.97 Å². The van der Waals surface area contributed by atoms with Gasteiger partial charge in [-0.15, -0.1) is 0 Å². The number of nitrogens with zero attached hydrogens (tertiary/aromatic N) is 3. The maximum absolute atomic E-state index is 10.8. The van der Waals surface area contributed by atoms with Gasteiger partial charge in [-0.05, 0) is 34.1 Å². The van der Waals surface area contributed by atoms with Gasteiger partial charge < -0.3 is 5.11 Å². The average molecular weight is 292 g/mol. The summed E-state index contributed by atoms with van der Waals surface area (Å²) in [6, 6.07) is 6.28. The highest BCUT2D eigenvalue weighted by Gasteiger charge is 2.10. The predicted molar refractivity (Wildman–Crippen MR) is 62.9 cm³/mol. The first-order chi connectivity index (χ1) is 8.11. The molecule has 17 heavy (non-hydrogen) atoms. The summed E-state index contributed by atoms with van der Waals surface area (Å²) in [5.74, 6) is -1.06. The van der Waals surface area contributed by atoms with E-state index >= 15 is 0 Å². The second-order valence-electron chi connectivity index (χ2n) is 3.25. The van der Waals surface area contributed by atoms with Crippen LogP contribution in [0.2, 0.25) is 0 Å². The van der Waals surface area contributed by atoms with Crippen molar-refractivity contribution in [2.24, 2.45) is 0 Å². The Balaban J connectivity index is 2.56. The van der Waals surface area contributed by atoms with E-state index in [1.54, 1.807) is 18.5 Å². The van der Waals surface area contributed by atoms with Gasteiger partial charge in [-0.3, -0.25) is 0 Å². The average Bonchev–Trinajstić information content (AvgIpc) is 2.74. The third-order valence-corrected chi connectivity index (χ3v) is 2.57. The minimum absolute atomic E-state index is 0.0801. The summed E-state index contributed by atoms with van der Waals surface area (Å²) in [4.78, 5) is 10.8. The molecule has 0 spiro atoms. The van der Waals surface area contributed by atoms with Crippen molar-refractivity contribution in [3.63, 3.8) is 0 Å². The van der Waals surface area contributed by atoms with E-state index in [0.29, 0.717) is 5.69 Å². The van der Waals surface area contributed by atoms with Crippen LogP contribution in [0.25, 0.3) is 5.69 Å². The number of carboxylic acid groups (broad SMARTS) is 1. The lowest BCUT2D eigenvalue weighted by molar-refractivity contribution is 0.0697. The standard InChI is InChI=1S/C11H6BrN3O2/c12-9-5-14-15(6-9)10-2-1-7(11(16)17)3-8(10)4-13/h1-3,5-6H,(H,16,17). The monoisotopic (exact) mass is 291 g/mol. The first kappa shape index (κ1) is 11.4. The normalized spacial score (nSPS) is 9.88. The Labute approximate surface area is 105 Å². The van der Waals surface area contributed by atoms with Gasteiger partial charge in [0, 0.05) is 6.20 Å². The number of carbonyl (C=O) groups is 1.